The number of benzene rings is 2. The van der Waals surface area contributed by atoms with E-state index in [1.165, 1.54) is 23.2 Å². The number of para-hydroxylation sites is 1. The molecule has 0 fully saturated rings. The fourth-order valence-electron chi connectivity index (χ4n) is 3.16. The number of carbonyl (C=O) groups is 2. The molecule has 0 saturated carbocycles. The van der Waals surface area contributed by atoms with E-state index in [1.54, 1.807) is 30.3 Å². The molecule has 3 aromatic rings. The zero-order valence-corrected chi connectivity index (χ0v) is 14.9. The number of fused-ring (bicyclic) bond motifs is 1. The van der Waals surface area contributed by atoms with Gasteiger partial charge >= 0.3 is 0 Å². The molecule has 144 valence electrons. The van der Waals surface area contributed by atoms with Crippen LogP contribution in [0, 0.1) is 17.5 Å². The van der Waals surface area contributed by atoms with Crippen LogP contribution in [-0.2, 0) is 6.54 Å². The molecule has 1 heterocycles. The highest BCUT2D eigenvalue weighted by atomic mass is 19.2. The minimum absolute atomic E-state index is 0.00849. The first-order valence-corrected chi connectivity index (χ1v) is 8.68. The summed E-state index contributed by atoms with van der Waals surface area (Å²) >= 11 is 0. The maximum absolute atomic E-state index is 14.3. The Balaban J connectivity index is 1.82. The van der Waals surface area contributed by atoms with E-state index in [0.29, 0.717) is 5.69 Å². The lowest BCUT2D eigenvalue weighted by Crippen LogP contribution is -2.32. The summed E-state index contributed by atoms with van der Waals surface area (Å²) in [4.78, 5) is 30.9. The lowest BCUT2D eigenvalue weighted by atomic mass is 9.95. The standard InChI is InChI=1S/C22H13F3N2O2/c23-16-9-8-13(19(24)20(16)25)12-27(14-5-2-1-3-6-14)17-11-18(28)21-15(22(17)29)7-4-10-26-21/h1-11H,12H2. The van der Waals surface area contributed by atoms with Crippen molar-refractivity contribution < 1.29 is 22.8 Å². The third-order valence-corrected chi connectivity index (χ3v) is 4.59. The Morgan fingerprint density at radius 2 is 1.62 bits per heavy atom. The Bertz CT molecular complexity index is 1160. The SMILES string of the molecule is O=C1C(N(Cc2ccc(F)c(F)c2F)c2ccccc2)=CC(=O)c2ncccc21. The number of hydrogen-bond acceptors (Lipinski definition) is 4. The summed E-state index contributed by atoms with van der Waals surface area (Å²) in [5.41, 5.74) is 0.475. The predicted molar refractivity (Wildman–Crippen MR) is 99.9 cm³/mol. The molecular weight excluding hydrogens is 381 g/mol. The molecule has 1 aliphatic rings. The van der Waals surface area contributed by atoms with Crippen LogP contribution in [0.15, 0.2) is 72.6 Å². The molecule has 29 heavy (non-hydrogen) atoms. The number of halogens is 3. The Morgan fingerprint density at radius 1 is 0.862 bits per heavy atom. The van der Waals surface area contributed by atoms with E-state index < -0.39 is 29.0 Å². The highest BCUT2D eigenvalue weighted by Crippen LogP contribution is 2.29. The fourth-order valence-corrected chi connectivity index (χ4v) is 3.16. The van der Waals surface area contributed by atoms with Crippen molar-refractivity contribution in [1.82, 2.24) is 4.98 Å². The van der Waals surface area contributed by atoms with E-state index in [9.17, 15) is 22.8 Å². The average Bonchev–Trinajstić information content (AvgIpc) is 2.75. The monoisotopic (exact) mass is 394 g/mol. The van der Waals surface area contributed by atoms with Crippen LogP contribution in [0.4, 0.5) is 18.9 Å². The van der Waals surface area contributed by atoms with Crippen LogP contribution in [0.3, 0.4) is 0 Å². The van der Waals surface area contributed by atoms with Crippen LogP contribution in [0.25, 0.3) is 0 Å². The molecule has 0 radical (unpaired) electrons. The zero-order valence-electron chi connectivity index (χ0n) is 14.9. The topological polar surface area (TPSA) is 50.3 Å². The van der Waals surface area contributed by atoms with Gasteiger partial charge in [-0.2, -0.15) is 0 Å². The Hall–Kier alpha value is -3.74. The molecule has 0 N–H and O–H groups in total. The molecule has 1 aromatic heterocycles. The maximum atomic E-state index is 14.3. The van der Waals surface area contributed by atoms with Crippen molar-refractivity contribution in [2.75, 3.05) is 4.90 Å². The Kier molecular flexibility index (Phi) is 4.72. The minimum Gasteiger partial charge on any atom is -0.334 e. The van der Waals surface area contributed by atoms with Crippen LogP contribution in [0.1, 0.15) is 26.4 Å². The van der Waals surface area contributed by atoms with E-state index in [2.05, 4.69) is 4.98 Å². The largest absolute Gasteiger partial charge is 0.334 e. The van der Waals surface area contributed by atoms with Crippen molar-refractivity contribution >= 4 is 17.3 Å². The van der Waals surface area contributed by atoms with Crippen LogP contribution >= 0.6 is 0 Å². The van der Waals surface area contributed by atoms with Gasteiger partial charge in [-0.3, -0.25) is 14.6 Å². The van der Waals surface area contributed by atoms with E-state index in [-0.39, 0.29) is 29.1 Å². The number of ketones is 2. The molecule has 0 aliphatic heterocycles. The Labute approximate surface area is 163 Å². The fraction of sp³-hybridized carbons (Fsp3) is 0.0455. The molecule has 1 aliphatic carbocycles. The zero-order chi connectivity index (χ0) is 20.5. The smallest absolute Gasteiger partial charge is 0.211 e. The van der Waals surface area contributed by atoms with Crippen molar-refractivity contribution in [2.45, 2.75) is 6.54 Å². The number of allylic oxidation sites excluding steroid dienone is 2. The summed E-state index contributed by atoms with van der Waals surface area (Å²) in [5.74, 6) is -5.18. The molecule has 0 spiro atoms. The third-order valence-electron chi connectivity index (χ3n) is 4.59. The van der Waals surface area contributed by atoms with Gasteiger partial charge in [0.25, 0.3) is 0 Å². The van der Waals surface area contributed by atoms with Gasteiger partial charge in [-0.25, -0.2) is 13.2 Å². The van der Waals surface area contributed by atoms with Gasteiger partial charge in [-0.1, -0.05) is 24.3 Å². The second-order valence-electron chi connectivity index (χ2n) is 6.38. The average molecular weight is 394 g/mol. The van der Waals surface area contributed by atoms with Crippen LogP contribution in [-0.4, -0.2) is 16.6 Å². The summed E-state index contributed by atoms with van der Waals surface area (Å²) in [7, 11) is 0. The number of aromatic nitrogens is 1. The van der Waals surface area contributed by atoms with Gasteiger partial charge in [0.2, 0.25) is 11.6 Å². The van der Waals surface area contributed by atoms with Gasteiger partial charge < -0.3 is 4.90 Å². The van der Waals surface area contributed by atoms with Crippen molar-refractivity contribution in [3.05, 3.63) is 107 Å². The first-order chi connectivity index (χ1) is 14.0. The van der Waals surface area contributed by atoms with Crippen LogP contribution < -0.4 is 4.90 Å². The van der Waals surface area contributed by atoms with Crippen LogP contribution in [0.5, 0.6) is 0 Å². The van der Waals surface area contributed by atoms with E-state index in [4.69, 9.17) is 0 Å². The van der Waals surface area contributed by atoms with Gasteiger partial charge in [0, 0.05) is 23.5 Å². The molecule has 4 nitrogen and oxygen atoms in total. The van der Waals surface area contributed by atoms with E-state index in [0.717, 1.165) is 18.2 Å². The first kappa shape index (κ1) is 18.6. The number of anilines is 1. The molecule has 4 rings (SSSR count). The summed E-state index contributed by atoms with van der Waals surface area (Å²) in [6, 6.07) is 13.4. The van der Waals surface area contributed by atoms with E-state index >= 15 is 0 Å². The summed E-state index contributed by atoms with van der Waals surface area (Å²) in [6.45, 7) is -0.284. The maximum Gasteiger partial charge on any atom is 0.211 e. The number of pyridine rings is 1. The first-order valence-electron chi connectivity index (χ1n) is 8.68. The molecule has 0 bridgehead atoms. The number of hydrogen-bond donors (Lipinski definition) is 0. The molecule has 2 aromatic carbocycles. The van der Waals surface area contributed by atoms with Crippen LogP contribution in [0.2, 0.25) is 0 Å². The number of rotatable bonds is 4. The minimum atomic E-state index is -1.59. The second-order valence-corrected chi connectivity index (χ2v) is 6.38. The lowest BCUT2D eigenvalue weighted by molar-refractivity contribution is 0.0978. The normalized spacial score (nSPS) is 13.1. The Morgan fingerprint density at radius 3 is 2.38 bits per heavy atom. The van der Waals surface area contributed by atoms with Gasteiger partial charge in [0.05, 0.1) is 17.8 Å². The third kappa shape index (κ3) is 3.31. The molecule has 0 atom stereocenters. The second kappa shape index (κ2) is 7.35. The summed E-state index contributed by atoms with van der Waals surface area (Å²) < 4.78 is 41.3. The van der Waals surface area contributed by atoms with Crippen molar-refractivity contribution in [1.29, 1.82) is 0 Å². The molecule has 0 amide bonds. The van der Waals surface area contributed by atoms with Crippen molar-refractivity contribution in [3.8, 4) is 0 Å². The molecule has 0 unspecified atom stereocenters. The lowest BCUT2D eigenvalue weighted by Gasteiger charge is -2.29. The predicted octanol–water partition coefficient (Wildman–Crippen LogP) is 4.47. The molecule has 0 saturated heterocycles. The quantitative estimate of drug-likeness (QED) is 0.613. The van der Waals surface area contributed by atoms with Gasteiger partial charge in [-0.05, 0) is 30.3 Å². The van der Waals surface area contributed by atoms with Crippen molar-refractivity contribution in [2.24, 2.45) is 0 Å². The summed E-state index contributed by atoms with van der Waals surface area (Å²) in [6.07, 6.45) is 2.54. The molecule has 7 heteroatoms. The van der Waals surface area contributed by atoms with E-state index in [1.807, 2.05) is 0 Å². The number of Topliss-reactive ketones (excluding diaryl/α,β-unsaturated/α-hetero) is 1. The van der Waals surface area contributed by atoms with Gasteiger partial charge in [0.1, 0.15) is 5.69 Å². The van der Waals surface area contributed by atoms with Crippen molar-refractivity contribution in [3.63, 3.8) is 0 Å². The number of carbonyl (C=O) groups excluding carboxylic acids is 2. The van der Waals surface area contributed by atoms with Gasteiger partial charge in [0.15, 0.2) is 17.5 Å². The summed E-state index contributed by atoms with van der Waals surface area (Å²) in [5, 5.41) is 0. The van der Waals surface area contributed by atoms with Gasteiger partial charge in [-0.15, -0.1) is 0 Å². The number of nitrogens with zero attached hydrogens (tertiary/aromatic N) is 2. The highest BCUT2D eigenvalue weighted by Gasteiger charge is 2.31. The molecular formula is C22H13F3N2O2. The highest BCUT2D eigenvalue weighted by molar-refractivity contribution is 6.24.